The largest absolute Gasteiger partial charge is 0.484 e. The maximum absolute atomic E-state index is 13.5. The molecule has 9 heteroatoms. The SMILES string of the molecule is CN1CCC(C(=O)N[C@@H]2C[C@H](NC(=O)COc3ccc(Cl)c(F)c3)C3CC2C3)N1. The van der Waals surface area contributed by atoms with E-state index in [2.05, 4.69) is 16.1 Å². The number of ether oxygens (including phenoxy) is 1. The molecule has 0 aromatic heterocycles. The molecule has 4 aliphatic rings. The molecule has 0 spiro atoms. The maximum Gasteiger partial charge on any atom is 0.258 e. The lowest BCUT2D eigenvalue weighted by Gasteiger charge is -2.51. The normalized spacial score (nSPS) is 31.1. The van der Waals surface area contributed by atoms with E-state index in [0.29, 0.717) is 11.8 Å². The van der Waals surface area contributed by atoms with Gasteiger partial charge in [-0.05, 0) is 49.7 Å². The Balaban J connectivity index is 1.26. The molecule has 3 atom stereocenters. The molecule has 3 aliphatic carbocycles. The van der Waals surface area contributed by atoms with Crippen molar-refractivity contribution in [3.05, 3.63) is 29.0 Å². The number of halogens is 2. The molecule has 1 aromatic carbocycles. The molecule has 3 N–H and O–H groups in total. The van der Waals surface area contributed by atoms with Crippen LogP contribution in [0.1, 0.15) is 25.7 Å². The first-order valence-electron chi connectivity index (χ1n) is 10.0. The summed E-state index contributed by atoms with van der Waals surface area (Å²) in [5.41, 5.74) is 3.15. The number of hydrogen-bond acceptors (Lipinski definition) is 5. The molecule has 7 nitrogen and oxygen atoms in total. The van der Waals surface area contributed by atoms with Crippen LogP contribution in [0.2, 0.25) is 5.02 Å². The quantitative estimate of drug-likeness (QED) is 0.644. The van der Waals surface area contributed by atoms with Gasteiger partial charge in [-0.15, -0.1) is 0 Å². The number of nitrogens with zero attached hydrogens (tertiary/aromatic N) is 1. The van der Waals surface area contributed by atoms with Crippen LogP contribution in [0.3, 0.4) is 0 Å². The Kier molecular flexibility index (Phi) is 5.94. The average molecular weight is 425 g/mol. The van der Waals surface area contributed by atoms with E-state index in [9.17, 15) is 14.0 Å². The third-order valence-corrected chi connectivity index (χ3v) is 6.54. The predicted octanol–water partition coefficient (Wildman–Crippen LogP) is 1.47. The molecule has 4 fully saturated rings. The first kappa shape index (κ1) is 20.4. The minimum absolute atomic E-state index is 0.0103. The molecule has 3 saturated carbocycles. The first-order chi connectivity index (χ1) is 13.9. The second-order valence-corrected chi connectivity index (χ2v) is 8.68. The van der Waals surface area contributed by atoms with Gasteiger partial charge in [0.15, 0.2) is 6.61 Å². The summed E-state index contributed by atoms with van der Waals surface area (Å²) in [6.45, 7) is 0.660. The van der Waals surface area contributed by atoms with Crippen molar-refractivity contribution >= 4 is 23.4 Å². The zero-order valence-corrected chi connectivity index (χ0v) is 17.0. The zero-order valence-electron chi connectivity index (χ0n) is 16.3. The predicted molar refractivity (Wildman–Crippen MR) is 106 cm³/mol. The van der Waals surface area contributed by atoms with Crippen molar-refractivity contribution in [1.82, 2.24) is 21.1 Å². The highest BCUT2D eigenvalue weighted by Gasteiger charge is 2.47. The first-order valence-corrected chi connectivity index (χ1v) is 10.4. The highest BCUT2D eigenvalue weighted by atomic mass is 35.5. The zero-order chi connectivity index (χ0) is 20.5. The number of fused-ring (bicyclic) bond motifs is 2. The summed E-state index contributed by atoms with van der Waals surface area (Å²) in [4.78, 5) is 24.8. The van der Waals surface area contributed by atoms with Crippen LogP contribution in [-0.4, -0.2) is 55.1 Å². The van der Waals surface area contributed by atoms with Gasteiger partial charge in [0.2, 0.25) is 5.91 Å². The molecule has 1 saturated heterocycles. The van der Waals surface area contributed by atoms with Crippen LogP contribution in [0.25, 0.3) is 0 Å². The van der Waals surface area contributed by atoms with Crippen molar-refractivity contribution in [2.24, 2.45) is 11.8 Å². The topological polar surface area (TPSA) is 82.7 Å². The van der Waals surface area contributed by atoms with Gasteiger partial charge in [0, 0.05) is 31.7 Å². The fraction of sp³-hybridized carbons (Fsp3) is 0.600. The van der Waals surface area contributed by atoms with E-state index in [4.69, 9.17) is 16.3 Å². The standard InChI is InChI=1S/C20H26ClFN4O3/c1-26-5-4-16(25-26)20(28)24-18-9-17(11-6-12(18)7-11)23-19(27)10-29-13-2-3-14(21)15(22)8-13/h2-3,8,11-12,16-18,25H,4-7,9-10H2,1H3,(H,23,27)(H,24,28)/t11?,12?,16?,17-,18+/m0/s1. The van der Waals surface area contributed by atoms with Crippen molar-refractivity contribution in [2.45, 2.75) is 43.8 Å². The summed E-state index contributed by atoms with van der Waals surface area (Å²) in [5, 5.41) is 8.14. The second-order valence-electron chi connectivity index (χ2n) is 8.27. The molecule has 1 aliphatic heterocycles. The van der Waals surface area contributed by atoms with Crippen LogP contribution >= 0.6 is 11.6 Å². The average Bonchev–Trinajstić information content (AvgIpc) is 3.08. The van der Waals surface area contributed by atoms with Crippen LogP contribution < -0.4 is 20.8 Å². The fourth-order valence-corrected chi connectivity index (χ4v) is 4.65. The molecule has 2 bridgehead atoms. The number of carbonyl (C=O) groups is 2. The van der Waals surface area contributed by atoms with Gasteiger partial charge in [-0.1, -0.05) is 11.6 Å². The van der Waals surface area contributed by atoms with Gasteiger partial charge in [-0.25, -0.2) is 14.8 Å². The molecule has 5 rings (SSSR count). The van der Waals surface area contributed by atoms with Crippen LogP contribution in [0, 0.1) is 17.7 Å². The van der Waals surface area contributed by atoms with E-state index >= 15 is 0 Å². The molecule has 158 valence electrons. The summed E-state index contributed by atoms with van der Waals surface area (Å²) in [6, 6.07) is 3.99. The van der Waals surface area contributed by atoms with Crippen molar-refractivity contribution in [1.29, 1.82) is 0 Å². The molecule has 1 aromatic rings. The molecule has 29 heavy (non-hydrogen) atoms. The van der Waals surface area contributed by atoms with Crippen LogP contribution in [-0.2, 0) is 9.59 Å². The van der Waals surface area contributed by atoms with Gasteiger partial charge in [0.25, 0.3) is 5.91 Å². The Labute approximate surface area is 174 Å². The smallest absolute Gasteiger partial charge is 0.258 e. The van der Waals surface area contributed by atoms with Gasteiger partial charge in [-0.3, -0.25) is 9.59 Å². The number of carbonyl (C=O) groups excluding carboxylic acids is 2. The van der Waals surface area contributed by atoms with Crippen molar-refractivity contribution in [2.75, 3.05) is 20.2 Å². The summed E-state index contributed by atoms with van der Waals surface area (Å²) in [5.74, 6) is 0.389. The number of hydrazine groups is 1. The Morgan fingerprint density at radius 1 is 1.24 bits per heavy atom. The molecular weight excluding hydrogens is 399 g/mol. The van der Waals surface area contributed by atoms with Crippen LogP contribution in [0.4, 0.5) is 4.39 Å². The Morgan fingerprint density at radius 3 is 2.62 bits per heavy atom. The van der Waals surface area contributed by atoms with Crippen molar-refractivity contribution < 1.29 is 18.7 Å². The summed E-state index contributed by atoms with van der Waals surface area (Å²) >= 11 is 5.64. The molecule has 1 heterocycles. The Morgan fingerprint density at radius 2 is 1.97 bits per heavy atom. The van der Waals surface area contributed by atoms with E-state index in [1.165, 1.54) is 12.1 Å². The molecule has 1 unspecified atom stereocenters. The monoisotopic (exact) mass is 424 g/mol. The highest BCUT2D eigenvalue weighted by Crippen LogP contribution is 2.45. The van der Waals surface area contributed by atoms with E-state index in [-0.39, 0.29) is 47.3 Å². The van der Waals surface area contributed by atoms with Gasteiger partial charge in [0.05, 0.1) is 5.02 Å². The number of nitrogens with one attached hydrogen (secondary N) is 3. The highest BCUT2D eigenvalue weighted by molar-refractivity contribution is 6.30. The summed E-state index contributed by atoms with van der Waals surface area (Å²) in [6.07, 6.45) is 3.55. The van der Waals surface area contributed by atoms with Gasteiger partial charge in [-0.2, -0.15) is 0 Å². The number of benzene rings is 1. The van der Waals surface area contributed by atoms with E-state index < -0.39 is 5.82 Å². The lowest BCUT2D eigenvalue weighted by molar-refractivity contribution is -0.127. The van der Waals surface area contributed by atoms with Crippen LogP contribution in [0.5, 0.6) is 5.75 Å². The van der Waals surface area contributed by atoms with E-state index in [1.807, 2.05) is 12.1 Å². The summed E-state index contributed by atoms with van der Waals surface area (Å²) < 4.78 is 18.8. The lowest BCUT2D eigenvalue weighted by Crippen LogP contribution is -2.61. The maximum atomic E-state index is 13.5. The Hall–Kier alpha value is -1.90. The van der Waals surface area contributed by atoms with Gasteiger partial charge < -0.3 is 15.4 Å². The molecular formula is C20H26ClFN4O3. The van der Waals surface area contributed by atoms with Crippen molar-refractivity contribution in [3.8, 4) is 5.75 Å². The third kappa shape index (κ3) is 4.65. The van der Waals surface area contributed by atoms with Gasteiger partial charge >= 0.3 is 0 Å². The fourth-order valence-electron chi connectivity index (χ4n) is 4.53. The van der Waals surface area contributed by atoms with Crippen molar-refractivity contribution in [3.63, 3.8) is 0 Å². The number of rotatable bonds is 6. The van der Waals surface area contributed by atoms with E-state index in [0.717, 1.165) is 38.3 Å². The lowest BCUT2D eigenvalue weighted by atomic mass is 9.60. The Bertz CT molecular complexity index is 789. The molecule has 0 radical (unpaired) electrons. The second kappa shape index (κ2) is 8.45. The van der Waals surface area contributed by atoms with E-state index in [1.54, 1.807) is 0 Å². The summed E-state index contributed by atoms with van der Waals surface area (Å²) in [7, 11) is 1.93. The van der Waals surface area contributed by atoms with Gasteiger partial charge in [0.1, 0.15) is 17.6 Å². The minimum Gasteiger partial charge on any atom is -0.484 e. The number of hydrogen-bond donors (Lipinski definition) is 3. The molecule has 2 amide bonds. The number of amides is 2. The van der Waals surface area contributed by atoms with Crippen LogP contribution in [0.15, 0.2) is 18.2 Å². The third-order valence-electron chi connectivity index (χ3n) is 6.24. The minimum atomic E-state index is -0.584.